The fourth-order valence-corrected chi connectivity index (χ4v) is 7.58. The van der Waals surface area contributed by atoms with Gasteiger partial charge in [-0.15, -0.1) is 21.5 Å². The molecule has 0 atom stereocenters. The third-order valence-electron chi connectivity index (χ3n) is 8.15. The number of phenolic OH excluding ortho intramolecular Hbond substituents is 1. The van der Waals surface area contributed by atoms with E-state index in [1.807, 2.05) is 53.2 Å². The van der Waals surface area contributed by atoms with E-state index in [1.165, 1.54) is 38.4 Å². The van der Waals surface area contributed by atoms with Crippen LogP contribution in [0.3, 0.4) is 0 Å². The van der Waals surface area contributed by atoms with Crippen molar-refractivity contribution in [1.29, 1.82) is 0 Å². The first-order chi connectivity index (χ1) is 21.6. The molecule has 1 aliphatic carbocycles. The van der Waals surface area contributed by atoms with Gasteiger partial charge < -0.3 is 15.2 Å². The van der Waals surface area contributed by atoms with E-state index >= 15 is 0 Å². The minimum Gasteiger partial charge on any atom is -0.508 e. The second-order valence-corrected chi connectivity index (χ2v) is 17.6. The van der Waals surface area contributed by atoms with Gasteiger partial charge in [-0.05, 0) is 123 Å². The molecule has 0 bridgehead atoms. The number of fused-ring (bicyclic) bond motifs is 4. The first-order valence-corrected chi connectivity index (χ1v) is 18.8. The van der Waals surface area contributed by atoms with Crippen molar-refractivity contribution in [2.24, 2.45) is 4.99 Å². The molecule has 9 heteroatoms. The van der Waals surface area contributed by atoms with E-state index in [2.05, 4.69) is 65.5 Å². The van der Waals surface area contributed by atoms with Crippen LogP contribution in [0.2, 0.25) is 0 Å². The van der Waals surface area contributed by atoms with Crippen LogP contribution in [0.5, 0.6) is 11.5 Å². The van der Waals surface area contributed by atoms with Crippen molar-refractivity contribution >= 4 is 37.2 Å². The molecule has 3 heterocycles. The lowest BCUT2D eigenvalue weighted by Crippen LogP contribution is -2.14. The number of allylic oxidation sites excluding steroid dienone is 2. The molecule has 0 spiro atoms. The number of ether oxygens (including phenoxy) is 1. The summed E-state index contributed by atoms with van der Waals surface area (Å²) in [7, 11) is 1.02. The van der Waals surface area contributed by atoms with E-state index in [-0.39, 0.29) is 5.75 Å². The van der Waals surface area contributed by atoms with Gasteiger partial charge in [0.05, 0.1) is 18.5 Å². The van der Waals surface area contributed by atoms with E-state index < -0.39 is 10.0 Å². The highest BCUT2D eigenvalue weighted by Gasteiger charge is 2.22. The van der Waals surface area contributed by atoms with Crippen molar-refractivity contribution in [3.63, 3.8) is 0 Å². The van der Waals surface area contributed by atoms with Crippen molar-refractivity contribution in [3.8, 4) is 17.2 Å². The lowest BCUT2D eigenvalue weighted by Gasteiger charge is -2.25. The number of hydrogen-bond acceptors (Lipinski definition) is 7. The largest absolute Gasteiger partial charge is 0.508 e. The second-order valence-electron chi connectivity index (χ2n) is 12.2. The molecule has 234 valence electrons. The summed E-state index contributed by atoms with van der Waals surface area (Å²) in [5, 5.41) is 22.9. The number of nitrogens with zero attached hydrogens (tertiary/aromatic N) is 4. The van der Waals surface area contributed by atoms with Crippen molar-refractivity contribution in [2.75, 3.05) is 32.4 Å². The summed E-state index contributed by atoms with van der Waals surface area (Å²) in [6, 6.07) is 22.3. The summed E-state index contributed by atoms with van der Waals surface area (Å²) in [5.41, 5.74) is 6.71. The number of rotatable bonds is 7. The summed E-state index contributed by atoms with van der Waals surface area (Å²) in [6.07, 6.45) is 10.8. The van der Waals surface area contributed by atoms with Crippen LogP contribution in [0.25, 0.3) is 15.8 Å². The Morgan fingerprint density at radius 1 is 1.00 bits per heavy atom. The molecule has 1 fully saturated rings. The van der Waals surface area contributed by atoms with Gasteiger partial charge in [0.15, 0.2) is 5.82 Å². The number of aromatic hydroxyl groups is 1. The number of aryl methyl sites for hydroxylation is 1. The molecule has 0 saturated heterocycles. The minimum atomic E-state index is -0.628. The molecule has 0 unspecified atom stereocenters. The van der Waals surface area contributed by atoms with Gasteiger partial charge in [0.2, 0.25) is 0 Å². The first kappa shape index (κ1) is 30.9. The third kappa shape index (κ3) is 6.94. The monoisotopic (exact) mass is 639 g/mol. The van der Waals surface area contributed by atoms with E-state index in [4.69, 9.17) is 9.73 Å². The summed E-state index contributed by atoms with van der Waals surface area (Å²) in [5.74, 6) is 2.60. The highest BCUT2D eigenvalue weighted by molar-refractivity contribution is 8.32. The van der Waals surface area contributed by atoms with E-state index in [0.29, 0.717) is 6.54 Å². The maximum atomic E-state index is 9.55. The SMILES string of the molecule is CC(NCCc1cc2ccc(S(C)(C)C)cc2s1)=C1CC1.COc1ccc2c(c1)C(c1ccc(O)cc1)=NCc1nnc(C)n1-2. The van der Waals surface area contributed by atoms with Crippen molar-refractivity contribution in [1.82, 2.24) is 20.1 Å². The molecular weight excluding hydrogens is 599 g/mol. The Morgan fingerprint density at radius 2 is 1.78 bits per heavy atom. The van der Waals surface area contributed by atoms with Crippen LogP contribution in [0.1, 0.15) is 47.4 Å². The van der Waals surface area contributed by atoms with Crippen LogP contribution in [0.15, 0.2) is 87.9 Å². The van der Waals surface area contributed by atoms with Crippen molar-refractivity contribution < 1.29 is 9.84 Å². The topological polar surface area (TPSA) is 84.6 Å². The number of hydrogen-bond donors (Lipinski definition) is 2. The normalized spacial score (nSPS) is 14.0. The molecule has 2 aliphatic rings. The zero-order chi connectivity index (χ0) is 31.7. The van der Waals surface area contributed by atoms with E-state index in [9.17, 15) is 5.11 Å². The predicted octanol–water partition coefficient (Wildman–Crippen LogP) is 7.80. The van der Waals surface area contributed by atoms with Gasteiger partial charge in [0.25, 0.3) is 0 Å². The van der Waals surface area contributed by atoms with Gasteiger partial charge >= 0.3 is 0 Å². The lowest BCUT2D eigenvalue weighted by molar-refractivity contribution is 0.414. The Balaban J connectivity index is 0.000000160. The molecular formula is C36H41N5O2S2. The predicted molar refractivity (Wildman–Crippen MR) is 189 cm³/mol. The quantitative estimate of drug-likeness (QED) is 0.190. The zero-order valence-corrected chi connectivity index (χ0v) is 28.5. The highest BCUT2D eigenvalue weighted by atomic mass is 32.3. The number of benzene rings is 3. The Morgan fingerprint density at radius 3 is 2.49 bits per heavy atom. The molecule has 0 radical (unpaired) electrons. The molecule has 0 amide bonds. The fraction of sp³-hybridized carbons (Fsp3) is 0.306. The van der Waals surface area contributed by atoms with Gasteiger partial charge in [-0.2, -0.15) is 0 Å². The standard InChI is InChI=1S/C18H16N4O2.C18H25NS2/c1-11-20-21-17-10-19-18(12-3-5-13(23)6-4-12)15-9-14(24-2)7-8-16(15)22(11)17;1-13(14-5-6-14)19-10-9-16-11-15-7-8-17(21(2,3)4)12-18(15)20-16/h3-9,23H,10H2,1-2H3;7-8,11-12,19H,5-6,9-10H2,1-4H3. The van der Waals surface area contributed by atoms with Crippen LogP contribution in [-0.2, 0) is 13.0 Å². The van der Waals surface area contributed by atoms with Crippen LogP contribution >= 0.6 is 21.4 Å². The molecule has 2 N–H and O–H groups in total. The molecule has 7 rings (SSSR count). The number of methoxy groups -OCH3 is 1. The van der Waals surface area contributed by atoms with Crippen LogP contribution in [0, 0.1) is 6.92 Å². The highest BCUT2D eigenvalue weighted by Crippen LogP contribution is 2.46. The minimum absolute atomic E-state index is 0.229. The zero-order valence-electron chi connectivity index (χ0n) is 26.8. The first-order valence-electron chi connectivity index (χ1n) is 15.2. The maximum Gasteiger partial charge on any atom is 0.159 e. The maximum absolute atomic E-state index is 9.55. The fourth-order valence-electron chi connectivity index (χ4n) is 5.46. The van der Waals surface area contributed by atoms with Crippen LogP contribution < -0.4 is 10.1 Å². The van der Waals surface area contributed by atoms with Gasteiger partial charge in [-0.3, -0.25) is 9.56 Å². The summed E-state index contributed by atoms with van der Waals surface area (Å²) in [4.78, 5) is 7.75. The van der Waals surface area contributed by atoms with Gasteiger partial charge in [-0.1, -0.05) is 11.6 Å². The lowest BCUT2D eigenvalue weighted by atomic mass is 10.00. The molecule has 7 nitrogen and oxygen atoms in total. The molecule has 1 saturated carbocycles. The molecule has 2 aromatic heterocycles. The summed E-state index contributed by atoms with van der Waals surface area (Å²) < 4.78 is 8.85. The smallest absolute Gasteiger partial charge is 0.159 e. The Bertz CT molecular complexity index is 1910. The van der Waals surface area contributed by atoms with Gasteiger partial charge in [0.1, 0.15) is 23.9 Å². The number of aliphatic imine (C=N–C) groups is 1. The summed E-state index contributed by atoms with van der Waals surface area (Å²) >= 11 is 1.96. The summed E-state index contributed by atoms with van der Waals surface area (Å²) in [6.45, 7) is 5.63. The number of phenols is 1. The van der Waals surface area contributed by atoms with Crippen molar-refractivity contribution in [2.45, 2.75) is 44.6 Å². The van der Waals surface area contributed by atoms with Gasteiger partial charge in [-0.25, -0.2) is 10.0 Å². The molecule has 1 aliphatic heterocycles. The Hall–Kier alpha value is -4.08. The van der Waals surface area contributed by atoms with E-state index in [0.717, 1.165) is 52.9 Å². The molecule has 5 aromatic rings. The molecule has 3 aromatic carbocycles. The van der Waals surface area contributed by atoms with Gasteiger partial charge in [0, 0.05) is 32.9 Å². The Kier molecular flexibility index (Phi) is 8.75. The Labute approximate surface area is 271 Å². The number of aromatic nitrogens is 3. The number of thiophene rings is 1. The van der Waals surface area contributed by atoms with Crippen LogP contribution in [-0.4, -0.2) is 58.0 Å². The van der Waals surface area contributed by atoms with Crippen LogP contribution in [0.4, 0.5) is 0 Å². The van der Waals surface area contributed by atoms with E-state index in [1.54, 1.807) is 24.8 Å². The average Bonchev–Trinajstić information content (AvgIpc) is 3.73. The molecule has 45 heavy (non-hydrogen) atoms. The second kappa shape index (κ2) is 12.7. The van der Waals surface area contributed by atoms with Crippen molar-refractivity contribution in [3.05, 3.63) is 106 Å². The number of nitrogens with one attached hydrogen (secondary N) is 1. The average molecular weight is 640 g/mol. The third-order valence-corrected chi connectivity index (χ3v) is 11.0.